The number of benzene rings is 1. The molecule has 0 fully saturated rings. The van der Waals surface area contributed by atoms with Crippen LogP contribution in [0.15, 0.2) is 53.1 Å². The van der Waals surface area contributed by atoms with Crippen molar-refractivity contribution in [3.05, 3.63) is 60.1 Å². The second-order valence-electron chi connectivity index (χ2n) is 4.75. The molecule has 0 radical (unpaired) electrons. The summed E-state index contributed by atoms with van der Waals surface area (Å²) < 4.78 is 5.31. The SMILES string of the molecule is CN(Cc1ccco1)CC(C(=O)NN)c1ccccc1. The molecule has 1 unspecified atom stereocenters. The minimum atomic E-state index is -0.304. The first-order valence-corrected chi connectivity index (χ1v) is 6.47. The topological polar surface area (TPSA) is 71.5 Å². The van der Waals surface area contributed by atoms with Gasteiger partial charge in [0.05, 0.1) is 18.7 Å². The van der Waals surface area contributed by atoms with Gasteiger partial charge in [-0.15, -0.1) is 0 Å². The first-order chi connectivity index (χ1) is 9.70. The lowest BCUT2D eigenvalue weighted by Gasteiger charge is -2.22. The highest BCUT2D eigenvalue weighted by molar-refractivity contribution is 5.83. The number of carbonyl (C=O) groups excluding carboxylic acids is 1. The molecule has 20 heavy (non-hydrogen) atoms. The second-order valence-corrected chi connectivity index (χ2v) is 4.75. The maximum Gasteiger partial charge on any atom is 0.242 e. The van der Waals surface area contributed by atoms with Gasteiger partial charge >= 0.3 is 0 Å². The third kappa shape index (κ3) is 3.69. The number of hydrogen-bond donors (Lipinski definition) is 2. The fraction of sp³-hybridized carbons (Fsp3) is 0.267. The van der Waals surface area contributed by atoms with Crippen LogP contribution in [0.1, 0.15) is 17.2 Å². The number of nitrogens with one attached hydrogen (secondary N) is 1. The molecule has 106 valence electrons. The summed E-state index contributed by atoms with van der Waals surface area (Å²) >= 11 is 0. The monoisotopic (exact) mass is 273 g/mol. The molecule has 0 aliphatic rings. The lowest BCUT2D eigenvalue weighted by molar-refractivity contribution is -0.123. The van der Waals surface area contributed by atoms with Gasteiger partial charge in [-0.3, -0.25) is 15.1 Å². The highest BCUT2D eigenvalue weighted by atomic mass is 16.3. The number of rotatable bonds is 6. The number of nitrogens with two attached hydrogens (primary N) is 1. The van der Waals surface area contributed by atoms with E-state index < -0.39 is 0 Å². The molecule has 1 amide bonds. The molecule has 1 heterocycles. The van der Waals surface area contributed by atoms with E-state index >= 15 is 0 Å². The maximum absolute atomic E-state index is 12.0. The normalized spacial score (nSPS) is 12.3. The van der Waals surface area contributed by atoms with Crippen molar-refractivity contribution in [2.45, 2.75) is 12.5 Å². The lowest BCUT2D eigenvalue weighted by Crippen LogP contribution is -2.39. The largest absolute Gasteiger partial charge is 0.468 e. The second kappa shape index (κ2) is 6.88. The Morgan fingerprint density at radius 2 is 2.05 bits per heavy atom. The molecule has 1 aromatic heterocycles. The zero-order valence-corrected chi connectivity index (χ0v) is 11.5. The van der Waals surface area contributed by atoms with Crippen LogP contribution in [-0.4, -0.2) is 24.4 Å². The fourth-order valence-electron chi connectivity index (χ4n) is 2.17. The van der Waals surface area contributed by atoms with Crippen molar-refractivity contribution in [2.24, 2.45) is 5.84 Å². The van der Waals surface area contributed by atoms with Crippen molar-refractivity contribution in [1.82, 2.24) is 10.3 Å². The minimum Gasteiger partial charge on any atom is -0.468 e. The standard InChI is InChI=1S/C15H19N3O2/c1-18(10-13-8-5-9-20-13)11-14(15(19)17-16)12-6-3-2-4-7-12/h2-9,14H,10-11,16H2,1H3,(H,17,19). The Morgan fingerprint density at radius 1 is 1.30 bits per heavy atom. The third-order valence-corrected chi connectivity index (χ3v) is 3.16. The number of furan rings is 1. The van der Waals surface area contributed by atoms with Gasteiger partial charge in [0.25, 0.3) is 0 Å². The molecule has 2 aromatic rings. The summed E-state index contributed by atoms with van der Waals surface area (Å²) in [6, 6.07) is 13.4. The Bertz CT molecular complexity index is 525. The molecular weight excluding hydrogens is 254 g/mol. The highest BCUT2D eigenvalue weighted by Gasteiger charge is 2.21. The van der Waals surface area contributed by atoms with Crippen molar-refractivity contribution in [2.75, 3.05) is 13.6 Å². The lowest BCUT2D eigenvalue weighted by atomic mass is 9.98. The molecule has 2 rings (SSSR count). The van der Waals surface area contributed by atoms with Gasteiger partial charge in [0.15, 0.2) is 0 Å². The molecule has 0 aliphatic carbocycles. The van der Waals surface area contributed by atoms with Gasteiger partial charge in [-0.2, -0.15) is 0 Å². The number of hydrogen-bond acceptors (Lipinski definition) is 4. The molecule has 0 bridgehead atoms. The molecule has 1 atom stereocenters. The van der Waals surface area contributed by atoms with Crippen molar-refractivity contribution < 1.29 is 9.21 Å². The quantitative estimate of drug-likeness (QED) is 0.475. The van der Waals surface area contributed by atoms with Crippen LogP contribution in [0.3, 0.4) is 0 Å². The predicted octanol–water partition coefficient (Wildman–Crippen LogP) is 1.49. The average molecular weight is 273 g/mol. The smallest absolute Gasteiger partial charge is 0.242 e. The van der Waals surface area contributed by atoms with Crippen LogP contribution in [0.2, 0.25) is 0 Å². The van der Waals surface area contributed by atoms with Gasteiger partial charge < -0.3 is 4.42 Å². The Morgan fingerprint density at radius 3 is 2.65 bits per heavy atom. The molecule has 5 nitrogen and oxygen atoms in total. The molecular formula is C15H19N3O2. The van der Waals surface area contributed by atoms with Gasteiger partial charge in [0.2, 0.25) is 5.91 Å². The van der Waals surface area contributed by atoms with Gasteiger partial charge in [-0.05, 0) is 24.7 Å². The molecule has 3 N–H and O–H groups in total. The molecule has 0 aliphatic heterocycles. The van der Waals surface area contributed by atoms with E-state index in [4.69, 9.17) is 10.3 Å². The summed E-state index contributed by atoms with van der Waals surface area (Å²) in [7, 11) is 1.95. The van der Waals surface area contributed by atoms with E-state index in [9.17, 15) is 4.79 Å². The van der Waals surface area contributed by atoms with Crippen LogP contribution in [0, 0.1) is 0 Å². The van der Waals surface area contributed by atoms with Crippen molar-refractivity contribution in [3.63, 3.8) is 0 Å². The molecule has 1 aromatic carbocycles. The zero-order valence-electron chi connectivity index (χ0n) is 11.5. The van der Waals surface area contributed by atoms with Crippen LogP contribution >= 0.6 is 0 Å². The minimum absolute atomic E-state index is 0.192. The number of hydrazine groups is 1. The van der Waals surface area contributed by atoms with E-state index in [2.05, 4.69) is 5.43 Å². The number of carbonyl (C=O) groups is 1. The van der Waals surface area contributed by atoms with Crippen LogP contribution in [-0.2, 0) is 11.3 Å². The fourth-order valence-corrected chi connectivity index (χ4v) is 2.17. The first-order valence-electron chi connectivity index (χ1n) is 6.47. The van der Waals surface area contributed by atoms with Crippen LogP contribution in [0.5, 0.6) is 0 Å². The average Bonchev–Trinajstić information content (AvgIpc) is 2.97. The van der Waals surface area contributed by atoms with Gasteiger partial charge in [-0.25, -0.2) is 5.84 Å². The van der Waals surface area contributed by atoms with E-state index in [1.807, 2.05) is 54.4 Å². The summed E-state index contributed by atoms with van der Waals surface area (Å²) in [5, 5.41) is 0. The van der Waals surface area contributed by atoms with Crippen molar-refractivity contribution in [1.29, 1.82) is 0 Å². The number of likely N-dealkylation sites (N-methyl/N-ethyl adjacent to an activating group) is 1. The van der Waals surface area contributed by atoms with Gasteiger partial charge in [0, 0.05) is 6.54 Å². The van der Waals surface area contributed by atoms with Gasteiger partial charge in [0.1, 0.15) is 5.76 Å². The van der Waals surface area contributed by atoms with Crippen molar-refractivity contribution >= 4 is 5.91 Å². The summed E-state index contributed by atoms with van der Waals surface area (Å²) in [5.41, 5.74) is 3.18. The highest BCUT2D eigenvalue weighted by Crippen LogP contribution is 2.17. The van der Waals surface area contributed by atoms with E-state index in [-0.39, 0.29) is 11.8 Å². The number of amides is 1. The van der Waals surface area contributed by atoms with Crippen LogP contribution in [0.25, 0.3) is 0 Å². The maximum atomic E-state index is 12.0. The molecule has 0 saturated heterocycles. The molecule has 0 saturated carbocycles. The van der Waals surface area contributed by atoms with E-state index in [0.29, 0.717) is 13.1 Å². The Labute approximate surface area is 118 Å². The number of nitrogens with zero attached hydrogens (tertiary/aromatic N) is 1. The Balaban J connectivity index is 2.06. The van der Waals surface area contributed by atoms with E-state index in [1.54, 1.807) is 6.26 Å². The van der Waals surface area contributed by atoms with Crippen LogP contribution < -0.4 is 11.3 Å². The third-order valence-electron chi connectivity index (χ3n) is 3.16. The molecule has 0 spiro atoms. The molecule has 5 heteroatoms. The first kappa shape index (κ1) is 14.3. The van der Waals surface area contributed by atoms with E-state index in [1.165, 1.54) is 0 Å². The zero-order chi connectivity index (χ0) is 14.4. The van der Waals surface area contributed by atoms with Crippen LogP contribution in [0.4, 0.5) is 0 Å². The van der Waals surface area contributed by atoms with Crippen molar-refractivity contribution in [3.8, 4) is 0 Å². The summed E-state index contributed by atoms with van der Waals surface area (Å²) in [6.45, 7) is 1.21. The summed E-state index contributed by atoms with van der Waals surface area (Å²) in [5.74, 6) is 5.66. The summed E-state index contributed by atoms with van der Waals surface area (Å²) in [6.07, 6.45) is 1.64. The predicted molar refractivity (Wildman–Crippen MR) is 76.6 cm³/mol. The van der Waals surface area contributed by atoms with Gasteiger partial charge in [-0.1, -0.05) is 30.3 Å². The van der Waals surface area contributed by atoms with E-state index in [0.717, 1.165) is 11.3 Å². The Kier molecular flexibility index (Phi) is 4.92. The Hall–Kier alpha value is -2.11. The summed E-state index contributed by atoms with van der Waals surface area (Å²) in [4.78, 5) is 14.0.